The van der Waals surface area contributed by atoms with E-state index in [-0.39, 0.29) is 29.1 Å². The Morgan fingerprint density at radius 2 is 2.10 bits per heavy atom. The van der Waals surface area contributed by atoms with Crippen molar-refractivity contribution in [2.45, 2.75) is 46.6 Å². The summed E-state index contributed by atoms with van der Waals surface area (Å²) in [5.74, 6) is -1.29. The van der Waals surface area contributed by atoms with E-state index in [4.69, 9.17) is 0 Å². The van der Waals surface area contributed by atoms with Crippen molar-refractivity contribution < 1.29 is 14.3 Å². The third-order valence-corrected chi connectivity index (χ3v) is 5.03. The lowest BCUT2D eigenvalue weighted by Crippen LogP contribution is -2.48. The van der Waals surface area contributed by atoms with Gasteiger partial charge >= 0.3 is 5.97 Å². The van der Waals surface area contributed by atoms with Gasteiger partial charge in [0, 0.05) is 6.04 Å². The van der Waals surface area contributed by atoms with Crippen LogP contribution < -0.4 is 5.32 Å². The third kappa shape index (κ3) is 2.84. The Balaban J connectivity index is 2.19. The number of hydrogen-bond donors (Lipinski definition) is 2. The molecule has 0 amide bonds. The molecule has 1 heterocycles. The molecule has 0 aliphatic heterocycles. The number of rotatable bonds is 3. The zero-order valence-electron chi connectivity index (χ0n) is 12.9. The van der Waals surface area contributed by atoms with Crippen LogP contribution in [0.3, 0.4) is 0 Å². The lowest BCUT2D eigenvalue weighted by molar-refractivity contribution is -0.149. The summed E-state index contributed by atoms with van der Waals surface area (Å²) < 4.78 is 14.0. The second-order valence-corrected chi connectivity index (χ2v) is 6.45. The van der Waals surface area contributed by atoms with E-state index in [2.05, 4.69) is 15.3 Å². The smallest absolute Gasteiger partial charge is 0.307 e. The first-order valence-electron chi connectivity index (χ1n) is 7.21. The summed E-state index contributed by atoms with van der Waals surface area (Å²) in [6.45, 7) is 7.54. The molecule has 0 bridgehead atoms. The van der Waals surface area contributed by atoms with Crippen molar-refractivity contribution in [2.75, 3.05) is 5.32 Å². The molecule has 1 fully saturated rings. The topological polar surface area (TPSA) is 75.1 Å². The van der Waals surface area contributed by atoms with E-state index in [9.17, 15) is 14.3 Å². The molecule has 1 aliphatic rings. The van der Waals surface area contributed by atoms with Gasteiger partial charge in [0.2, 0.25) is 0 Å². The molecule has 1 saturated carbocycles. The zero-order chi connectivity index (χ0) is 15.8. The predicted molar refractivity (Wildman–Crippen MR) is 77.4 cm³/mol. The molecule has 0 spiro atoms. The van der Waals surface area contributed by atoms with Gasteiger partial charge in [0.15, 0.2) is 11.6 Å². The van der Waals surface area contributed by atoms with Crippen molar-refractivity contribution >= 4 is 11.8 Å². The van der Waals surface area contributed by atoms with Crippen LogP contribution in [-0.4, -0.2) is 27.1 Å². The Morgan fingerprint density at radius 3 is 2.71 bits per heavy atom. The molecule has 6 heteroatoms. The Hall–Kier alpha value is -1.72. The lowest BCUT2D eigenvalue weighted by Gasteiger charge is -2.46. The number of carboxylic acids is 1. The van der Waals surface area contributed by atoms with Crippen molar-refractivity contribution in [3.05, 3.63) is 17.8 Å². The quantitative estimate of drug-likeness (QED) is 0.897. The van der Waals surface area contributed by atoms with Gasteiger partial charge in [-0.3, -0.25) is 4.79 Å². The van der Waals surface area contributed by atoms with Gasteiger partial charge < -0.3 is 10.4 Å². The fourth-order valence-corrected chi connectivity index (χ4v) is 3.18. The number of aryl methyl sites for hydroxylation is 1. The fraction of sp³-hybridized carbons (Fsp3) is 0.667. The third-order valence-electron chi connectivity index (χ3n) is 5.03. The molecule has 1 aliphatic carbocycles. The summed E-state index contributed by atoms with van der Waals surface area (Å²) in [6, 6.07) is -0.000556. The van der Waals surface area contributed by atoms with E-state index in [1.165, 1.54) is 6.33 Å². The minimum Gasteiger partial charge on any atom is -0.481 e. The Morgan fingerprint density at radius 1 is 1.43 bits per heavy atom. The van der Waals surface area contributed by atoms with Gasteiger partial charge in [-0.15, -0.1) is 0 Å². The molecule has 3 unspecified atom stereocenters. The number of carboxylic acid groups (broad SMARTS) is 1. The van der Waals surface area contributed by atoms with Crippen LogP contribution in [0.25, 0.3) is 0 Å². The van der Waals surface area contributed by atoms with E-state index in [0.717, 1.165) is 0 Å². The van der Waals surface area contributed by atoms with E-state index < -0.39 is 11.8 Å². The first-order chi connectivity index (χ1) is 9.75. The number of aromatic nitrogens is 2. The average Bonchev–Trinajstić information content (AvgIpc) is 2.39. The summed E-state index contributed by atoms with van der Waals surface area (Å²) in [5, 5.41) is 12.5. The van der Waals surface area contributed by atoms with Crippen LogP contribution >= 0.6 is 0 Å². The molecular formula is C15H22FN3O2. The second kappa shape index (κ2) is 5.58. The van der Waals surface area contributed by atoms with Gasteiger partial charge in [0.05, 0.1) is 11.6 Å². The number of aliphatic carboxylic acids is 1. The molecule has 1 aromatic heterocycles. The number of nitrogens with zero attached hydrogens (tertiary/aromatic N) is 2. The Bertz CT molecular complexity index is 548. The lowest BCUT2D eigenvalue weighted by atomic mass is 9.61. The fourth-order valence-electron chi connectivity index (χ4n) is 3.18. The van der Waals surface area contributed by atoms with Crippen molar-refractivity contribution in [1.29, 1.82) is 0 Å². The van der Waals surface area contributed by atoms with Crippen LogP contribution in [-0.2, 0) is 4.79 Å². The average molecular weight is 295 g/mol. The highest BCUT2D eigenvalue weighted by Crippen LogP contribution is 2.45. The van der Waals surface area contributed by atoms with Gasteiger partial charge in [-0.2, -0.15) is 0 Å². The minimum atomic E-state index is -0.755. The molecular weight excluding hydrogens is 273 g/mol. The molecule has 5 nitrogen and oxygen atoms in total. The molecule has 0 radical (unpaired) electrons. The summed E-state index contributed by atoms with van der Waals surface area (Å²) >= 11 is 0. The summed E-state index contributed by atoms with van der Waals surface area (Å²) in [6.07, 6.45) is 2.60. The summed E-state index contributed by atoms with van der Waals surface area (Å²) in [4.78, 5) is 19.1. The maximum atomic E-state index is 14.0. The number of halogens is 1. The molecule has 3 atom stereocenters. The SMILES string of the molecule is Cc1ncnc(NC2CCC(C(=O)O)C(C)(C)C2C)c1F. The van der Waals surface area contributed by atoms with Crippen molar-refractivity contribution in [3.8, 4) is 0 Å². The highest BCUT2D eigenvalue weighted by atomic mass is 19.1. The highest BCUT2D eigenvalue weighted by Gasteiger charge is 2.46. The van der Waals surface area contributed by atoms with Crippen LogP contribution in [0.1, 0.15) is 39.3 Å². The number of hydrogen-bond acceptors (Lipinski definition) is 4. The van der Waals surface area contributed by atoms with Crippen molar-refractivity contribution in [1.82, 2.24) is 9.97 Å². The van der Waals surface area contributed by atoms with Gasteiger partial charge in [0.1, 0.15) is 6.33 Å². The van der Waals surface area contributed by atoms with Gasteiger partial charge in [0.25, 0.3) is 0 Å². The first kappa shape index (κ1) is 15.7. The Kier molecular flexibility index (Phi) is 4.16. The largest absolute Gasteiger partial charge is 0.481 e. The normalized spacial score (nSPS) is 28.1. The molecule has 21 heavy (non-hydrogen) atoms. The molecule has 2 N–H and O–H groups in total. The maximum absolute atomic E-state index is 14.0. The van der Waals surface area contributed by atoms with Crippen LogP contribution in [0, 0.1) is 30.0 Å². The second-order valence-electron chi connectivity index (χ2n) is 6.45. The van der Waals surface area contributed by atoms with Crippen LogP contribution in [0.2, 0.25) is 0 Å². The van der Waals surface area contributed by atoms with Crippen LogP contribution in [0.4, 0.5) is 10.2 Å². The summed E-state index contributed by atoms with van der Waals surface area (Å²) in [7, 11) is 0. The van der Waals surface area contributed by atoms with E-state index >= 15 is 0 Å². The predicted octanol–water partition coefficient (Wildman–Crippen LogP) is 2.86. The zero-order valence-corrected chi connectivity index (χ0v) is 12.9. The molecule has 0 aromatic carbocycles. The van der Waals surface area contributed by atoms with E-state index in [1.807, 2.05) is 20.8 Å². The molecule has 116 valence electrons. The minimum absolute atomic E-state index is 0.000556. The maximum Gasteiger partial charge on any atom is 0.307 e. The molecule has 1 aromatic rings. The van der Waals surface area contributed by atoms with Crippen molar-refractivity contribution in [2.24, 2.45) is 17.3 Å². The van der Waals surface area contributed by atoms with Crippen LogP contribution in [0.5, 0.6) is 0 Å². The van der Waals surface area contributed by atoms with E-state index in [0.29, 0.717) is 18.5 Å². The summed E-state index contributed by atoms with van der Waals surface area (Å²) in [5.41, 5.74) is -0.0565. The monoisotopic (exact) mass is 295 g/mol. The van der Waals surface area contributed by atoms with Gasteiger partial charge in [-0.05, 0) is 31.1 Å². The Labute approximate surface area is 124 Å². The van der Waals surface area contributed by atoms with Gasteiger partial charge in [-0.25, -0.2) is 14.4 Å². The number of carbonyl (C=O) groups is 1. The number of anilines is 1. The standard InChI is InChI=1S/C15H22FN3O2/c1-8-11(6-5-10(14(20)21)15(8,3)4)19-13-12(16)9(2)17-7-18-13/h7-8,10-11H,5-6H2,1-4H3,(H,20,21)(H,17,18,19). The first-order valence-corrected chi connectivity index (χ1v) is 7.21. The van der Waals surface area contributed by atoms with Crippen molar-refractivity contribution in [3.63, 3.8) is 0 Å². The highest BCUT2D eigenvalue weighted by molar-refractivity contribution is 5.71. The molecule has 2 rings (SSSR count). The molecule has 0 saturated heterocycles. The number of nitrogens with one attached hydrogen (secondary N) is 1. The van der Waals surface area contributed by atoms with E-state index in [1.54, 1.807) is 6.92 Å². The van der Waals surface area contributed by atoms with Crippen LogP contribution in [0.15, 0.2) is 6.33 Å². The van der Waals surface area contributed by atoms with Gasteiger partial charge in [-0.1, -0.05) is 20.8 Å².